The Morgan fingerprint density at radius 2 is 1.68 bits per heavy atom. The molecule has 0 bridgehead atoms. The number of hydrogen-bond donors (Lipinski definition) is 2. The second-order valence-corrected chi connectivity index (χ2v) is 8.38. The average molecular weight is 464 g/mol. The van der Waals surface area contributed by atoms with Crippen molar-refractivity contribution in [2.45, 2.75) is 26.3 Å². The van der Waals surface area contributed by atoms with Crippen LogP contribution in [-0.2, 0) is 20.9 Å². The van der Waals surface area contributed by atoms with Crippen LogP contribution in [0.2, 0.25) is 0 Å². The summed E-state index contributed by atoms with van der Waals surface area (Å²) in [6.07, 6.45) is 2.33. The zero-order valence-corrected chi connectivity index (χ0v) is 19.3. The largest absolute Gasteiger partial charge is 0.379 e. The van der Waals surface area contributed by atoms with Crippen LogP contribution in [0, 0.1) is 6.92 Å². The van der Waals surface area contributed by atoms with Crippen molar-refractivity contribution in [1.29, 1.82) is 0 Å². The van der Waals surface area contributed by atoms with Crippen molar-refractivity contribution in [3.8, 4) is 0 Å². The van der Waals surface area contributed by atoms with Crippen LogP contribution in [-0.4, -0.2) is 59.1 Å². The third-order valence-corrected chi connectivity index (χ3v) is 5.78. The number of aryl methyl sites for hydroxylation is 2. The van der Waals surface area contributed by atoms with Crippen LogP contribution in [0.3, 0.4) is 0 Å². The molecule has 0 spiro atoms. The number of fused-ring (bicyclic) bond motifs is 1. The molecule has 2 heterocycles. The van der Waals surface area contributed by atoms with Crippen molar-refractivity contribution in [2.75, 3.05) is 43.5 Å². The quantitative estimate of drug-likeness (QED) is 0.532. The highest BCUT2D eigenvalue weighted by molar-refractivity contribution is 5.93. The third kappa shape index (κ3) is 6.06. The van der Waals surface area contributed by atoms with Crippen LogP contribution < -0.4 is 16.2 Å². The number of carbonyl (C=O) groups is 2. The lowest BCUT2D eigenvalue weighted by Gasteiger charge is -2.25. The smallest absolute Gasteiger partial charge is 0.261 e. The Morgan fingerprint density at radius 3 is 2.38 bits per heavy atom. The SMILES string of the molecule is Cc1cccc2c(=O)n(CCCC(=O)Nc3ccc(NC(=O)CN4CCOCC4)cc3)cnc12. The van der Waals surface area contributed by atoms with E-state index >= 15 is 0 Å². The molecule has 0 saturated carbocycles. The Bertz CT molecular complexity index is 1220. The van der Waals surface area contributed by atoms with Crippen LogP contribution in [0.5, 0.6) is 0 Å². The molecule has 0 aliphatic carbocycles. The van der Waals surface area contributed by atoms with Crippen LogP contribution in [0.15, 0.2) is 53.6 Å². The number of anilines is 2. The molecule has 9 nitrogen and oxygen atoms in total. The molecule has 34 heavy (non-hydrogen) atoms. The predicted octanol–water partition coefficient (Wildman–Crippen LogP) is 2.39. The van der Waals surface area contributed by atoms with Gasteiger partial charge >= 0.3 is 0 Å². The van der Waals surface area contributed by atoms with Crippen molar-refractivity contribution < 1.29 is 14.3 Å². The highest BCUT2D eigenvalue weighted by atomic mass is 16.5. The maximum Gasteiger partial charge on any atom is 0.261 e. The number of morpholine rings is 1. The summed E-state index contributed by atoms with van der Waals surface area (Å²) in [4.78, 5) is 43.6. The van der Waals surface area contributed by atoms with E-state index in [0.29, 0.717) is 55.0 Å². The van der Waals surface area contributed by atoms with E-state index in [-0.39, 0.29) is 23.8 Å². The van der Waals surface area contributed by atoms with Crippen molar-refractivity contribution in [3.63, 3.8) is 0 Å². The molecule has 178 valence electrons. The van der Waals surface area contributed by atoms with E-state index in [1.807, 2.05) is 19.1 Å². The number of amides is 2. The van der Waals surface area contributed by atoms with E-state index in [1.54, 1.807) is 41.2 Å². The molecule has 2 aromatic carbocycles. The number of hydrogen-bond acceptors (Lipinski definition) is 6. The molecule has 0 radical (unpaired) electrons. The van der Waals surface area contributed by atoms with Gasteiger partial charge in [0.25, 0.3) is 5.56 Å². The molecule has 1 aliphatic heterocycles. The van der Waals surface area contributed by atoms with E-state index in [0.717, 1.165) is 18.7 Å². The summed E-state index contributed by atoms with van der Waals surface area (Å²) in [7, 11) is 0. The number of ether oxygens (including phenoxy) is 1. The molecule has 0 unspecified atom stereocenters. The summed E-state index contributed by atoms with van der Waals surface area (Å²) in [6, 6.07) is 12.6. The number of carbonyl (C=O) groups excluding carboxylic acids is 2. The monoisotopic (exact) mass is 463 g/mol. The van der Waals surface area contributed by atoms with Crippen LogP contribution >= 0.6 is 0 Å². The lowest BCUT2D eigenvalue weighted by Crippen LogP contribution is -2.41. The predicted molar refractivity (Wildman–Crippen MR) is 131 cm³/mol. The van der Waals surface area contributed by atoms with Crippen LogP contribution in [0.25, 0.3) is 10.9 Å². The number of nitrogens with zero attached hydrogens (tertiary/aromatic N) is 3. The van der Waals surface area contributed by atoms with E-state index in [4.69, 9.17) is 4.74 Å². The zero-order valence-electron chi connectivity index (χ0n) is 19.3. The second-order valence-electron chi connectivity index (χ2n) is 8.38. The molecule has 3 aromatic rings. The molecule has 0 atom stereocenters. The van der Waals surface area contributed by atoms with Gasteiger partial charge in [-0.3, -0.25) is 23.9 Å². The lowest BCUT2D eigenvalue weighted by molar-refractivity contribution is -0.118. The van der Waals surface area contributed by atoms with Crippen molar-refractivity contribution in [2.24, 2.45) is 0 Å². The fraction of sp³-hybridized carbons (Fsp3) is 0.360. The molecule has 1 saturated heterocycles. The first-order valence-corrected chi connectivity index (χ1v) is 11.4. The first-order valence-electron chi connectivity index (χ1n) is 11.4. The van der Waals surface area contributed by atoms with Crippen molar-refractivity contribution >= 4 is 34.1 Å². The number of nitrogens with one attached hydrogen (secondary N) is 2. The zero-order chi connectivity index (χ0) is 23.9. The minimum Gasteiger partial charge on any atom is -0.379 e. The van der Waals surface area contributed by atoms with Gasteiger partial charge in [0.15, 0.2) is 0 Å². The summed E-state index contributed by atoms with van der Waals surface area (Å²) in [5.41, 5.74) is 2.90. The first-order chi connectivity index (χ1) is 16.5. The van der Waals surface area contributed by atoms with Gasteiger partial charge in [0.2, 0.25) is 11.8 Å². The standard InChI is InChI=1S/C25H29N5O4/c1-18-4-2-5-21-24(18)26-17-30(25(21)33)11-3-6-22(31)27-19-7-9-20(10-8-19)28-23(32)16-29-12-14-34-15-13-29/h2,4-5,7-10,17H,3,6,11-16H2,1H3,(H,27,31)(H,28,32). The lowest BCUT2D eigenvalue weighted by atomic mass is 10.1. The van der Waals surface area contributed by atoms with Crippen LogP contribution in [0.4, 0.5) is 11.4 Å². The van der Waals surface area contributed by atoms with E-state index in [2.05, 4.69) is 20.5 Å². The maximum absolute atomic E-state index is 12.7. The van der Waals surface area contributed by atoms with Gasteiger partial charge in [-0.15, -0.1) is 0 Å². The average Bonchev–Trinajstić information content (AvgIpc) is 2.83. The van der Waals surface area contributed by atoms with Gasteiger partial charge in [0.1, 0.15) is 0 Å². The Balaban J connectivity index is 1.23. The first kappa shape index (κ1) is 23.6. The van der Waals surface area contributed by atoms with Crippen molar-refractivity contribution in [1.82, 2.24) is 14.5 Å². The summed E-state index contributed by atoms with van der Waals surface area (Å²) in [6.45, 7) is 5.48. The van der Waals surface area contributed by atoms with Gasteiger partial charge in [-0.05, 0) is 49.2 Å². The van der Waals surface area contributed by atoms with E-state index in [9.17, 15) is 14.4 Å². The molecular formula is C25H29N5O4. The normalized spacial score (nSPS) is 14.1. The second kappa shape index (κ2) is 11.0. The highest BCUT2D eigenvalue weighted by Crippen LogP contribution is 2.15. The number of aromatic nitrogens is 2. The van der Waals surface area contributed by atoms with Gasteiger partial charge in [-0.2, -0.15) is 0 Å². The minimum absolute atomic E-state index is 0.0766. The maximum atomic E-state index is 12.7. The summed E-state index contributed by atoms with van der Waals surface area (Å²) in [5, 5.41) is 6.31. The Morgan fingerprint density at radius 1 is 1.00 bits per heavy atom. The molecule has 2 N–H and O–H groups in total. The molecule has 1 aliphatic rings. The summed E-state index contributed by atoms with van der Waals surface area (Å²) < 4.78 is 6.84. The van der Waals surface area contributed by atoms with E-state index in [1.165, 1.54) is 0 Å². The fourth-order valence-electron chi connectivity index (χ4n) is 3.93. The summed E-state index contributed by atoms with van der Waals surface area (Å²) in [5.74, 6) is -0.214. The topological polar surface area (TPSA) is 106 Å². The molecule has 1 aromatic heterocycles. The molecule has 1 fully saturated rings. The molecule has 2 amide bonds. The van der Waals surface area contributed by atoms with Crippen molar-refractivity contribution in [3.05, 3.63) is 64.7 Å². The molecular weight excluding hydrogens is 434 g/mol. The number of rotatable bonds is 8. The van der Waals surface area contributed by atoms with Gasteiger partial charge in [-0.25, -0.2) is 4.98 Å². The van der Waals surface area contributed by atoms with Crippen LogP contribution in [0.1, 0.15) is 18.4 Å². The highest BCUT2D eigenvalue weighted by Gasteiger charge is 2.14. The Labute approximate surface area is 197 Å². The van der Waals surface area contributed by atoms with Gasteiger partial charge in [0, 0.05) is 37.4 Å². The van der Waals surface area contributed by atoms with Gasteiger partial charge in [0.05, 0.1) is 37.0 Å². The summed E-state index contributed by atoms with van der Waals surface area (Å²) >= 11 is 0. The fourth-order valence-corrected chi connectivity index (χ4v) is 3.93. The number of para-hydroxylation sites is 1. The molecule has 9 heteroatoms. The van der Waals surface area contributed by atoms with E-state index < -0.39 is 0 Å². The third-order valence-electron chi connectivity index (χ3n) is 5.78. The molecule has 4 rings (SSSR count). The Hall–Kier alpha value is -3.56. The van der Waals surface area contributed by atoms with Gasteiger partial charge < -0.3 is 15.4 Å². The number of benzene rings is 2. The minimum atomic E-state index is -0.137. The van der Waals surface area contributed by atoms with Gasteiger partial charge in [-0.1, -0.05) is 12.1 Å². The Kier molecular flexibility index (Phi) is 7.66.